The summed E-state index contributed by atoms with van der Waals surface area (Å²) in [4.78, 5) is 28.1. The van der Waals surface area contributed by atoms with Crippen LogP contribution in [0.25, 0.3) is 0 Å². The van der Waals surface area contributed by atoms with Crippen LogP contribution < -0.4 is 10.2 Å². The fourth-order valence-corrected chi connectivity index (χ4v) is 5.60. The number of rotatable bonds is 4. The van der Waals surface area contributed by atoms with Crippen molar-refractivity contribution < 1.29 is 23.8 Å². The third-order valence-electron chi connectivity index (χ3n) is 7.34. The van der Waals surface area contributed by atoms with E-state index in [1.807, 2.05) is 79.7 Å². The summed E-state index contributed by atoms with van der Waals surface area (Å²) in [7, 11) is 0. The van der Waals surface area contributed by atoms with E-state index in [1.165, 1.54) is 4.90 Å². The largest absolute Gasteiger partial charge is 0.363 e. The van der Waals surface area contributed by atoms with Gasteiger partial charge in [0.1, 0.15) is 11.7 Å². The van der Waals surface area contributed by atoms with Crippen molar-refractivity contribution in [3.63, 3.8) is 0 Å². The maximum absolute atomic E-state index is 13.7. The van der Waals surface area contributed by atoms with Crippen molar-refractivity contribution in [3.05, 3.63) is 113 Å². The molecule has 3 aromatic rings. The Bertz CT molecular complexity index is 1410. The predicted octanol–water partition coefficient (Wildman–Crippen LogP) is 4.93. The zero-order chi connectivity index (χ0) is 26.9. The molecule has 3 aliphatic heterocycles. The average Bonchev–Trinajstić information content (AvgIpc) is 2.96. The van der Waals surface area contributed by atoms with E-state index in [-0.39, 0.29) is 22.7 Å². The van der Waals surface area contributed by atoms with Crippen LogP contribution in [-0.4, -0.2) is 35.7 Å². The smallest absolute Gasteiger partial charge is 0.269 e. The van der Waals surface area contributed by atoms with Crippen LogP contribution in [0.3, 0.4) is 0 Å². The lowest BCUT2D eigenvalue weighted by Gasteiger charge is -2.46. The number of thiocarbonyl (C=S) groups is 1. The van der Waals surface area contributed by atoms with E-state index in [9.17, 15) is 9.59 Å². The van der Waals surface area contributed by atoms with Crippen LogP contribution >= 0.6 is 12.2 Å². The predicted molar refractivity (Wildman–Crippen MR) is 150 cm³/mol. The van der Waals surface area contributed by atoms with Crippen LogP contribution in [0.4, 0.5) is 5.69 Å². The highest BCUT2D eigenvalue weighted by atomic mass is 32.1. The summed E-state index contributed by atoms with van der Waals surface area (Å²) in [5, 5.41) is 2.71. The van der Waals surface area contributed by atoms with Gasteiger partial charge >= 0.3 is 0 Å². The van der Waals surface area contributed by atoms with E-state index in [0.717, 1.165) is 16.7 Å². The molecule has 7 nitrogen and oxygen atoms in total. The van der Waals surface area contributed by atoms with Gasteiger partial charge in [0.25, 0.3) is 11.8 Å². The lowest BCUT2D eigenvalue weighted by Crippen LogP contribution is -2.55. The van der Waals surface area contributed by atoms with E-state index >= 15 is 0 Å². The number of anilines is 1. The number of carbonyl (C=O) groups is 2. The maximum atomic E-state index is 13.7. The molecule has 8 heteroatoms. The molecule has 5 atom stereocenters. The zero-order valence-electron chi connectivity index (χ0n) is 21.4. The Balaban J connectivity index is 1.35. The Labute approximate surface area is 232 Å². The first-order valence-corrected chi connectivity index (χ1v) is 13.4. The SMILES string of the molecule is Cc1ccc(N2C(=O)/C(=C\C3OC(c4ccccc4)C[C@@H]4CO[C@H](c5ccccc5)O[C@H]34)C(=O)NC2=S)cc1. The van der Waals surface area contributed by atoms with E-state index in [4.69, 9.17) is 26.4 Å². The van der Waals surface area contributed by atoms with E-state index in [0.29, 0.717) is 18.7 Å². The van der Waals surface area contributed by atoms with Gasteiger partial charge in [-0.2, -0.15) is 0 Å². The lowest BCUT2D eigenvalue weighted by molar-refractivity contribution is -0.286. The molecule has 1 N–H and O–H groups in total. The summed E-state index contributed by atoms with van der Waals surface area (Å²) in [5.74, 6) is -1.05. The van der Waals surface area contributed by atoms with Crippen LogP contribution in [0, 0.1) is 12.8 Å². The minimum atomic E-state index is -0.666. The first-order valence-electron chi connectivity index (χ1n) is 13.0. The van der Waals surface area contributed by atoms with E-state index in [2.05, 4.69) is 5.32 Å². The van der Waals surface area contributed by atoms with Crippen molar-refractivity contribution >= 4 is 34.8 Å². The molecule has 3 fully saturated rings. The van der Waals surface area contributed by atoms with Crippen molar-refractivity contribution in [3.8, 4) is 0 Å². The van der Waals surface area contributed by atoms with Crippen molar-refractivity contribution in [1.82, 2.24) is 5.32 Å². The quantitative estimate of drug-likeness (QED) is 0.287. The Morgan fingerprint density at radius 3 is 2.26 bits per heavy atom. The second-order valence-electron chi connectivity index (χ2n) is 9.99. The fraction of sp³-hybridized carbons (Fsp3) is 0.258. The third-order valence-corrected chi connectivity index (χ3v) is 7.62. The number of nitrogens with one attached hydrogen (secondary N) is 1. The Kier molecular flexibility index (Phi) is 7.10. The van der Waals surface area contributed by atoms with Gasteiger partial charge in [-0.15, -0.1) is 0 Å². The van der Waals surface area contributed by atoms with Crippen molar-refractivity contribution in [2.45, 2.75) is 37.9 Å². The van der Waals surface area contributed by atoms with Crippen molar-refractivity contribution in [2.75, 3.05) is 11.5 Å². The molecule has 0 saturated carbocycles. The van der Waals surface area contributed by atoms with Crippen LogP contribution in [0.15, 0.2) is 96.6 Å². The van der Waals surface area contributed by atoms with Crippen molar-refractivity contribution in [2.24, 2.45) is 5.92 Å². The summed E-state index contributed by atoms with van der Waals surface area (Å²) in [6.45, 7) is 2.43. The van der Waals surface area contributed by atoms with Gasteiger partial charge in [-0.1, -0.05) is 78.4 Å². The van der Waals surface area contributed by atoms with Crippen LogP contribution in [0.5, 0.6) is 0 Å². The highest BCUT2D eigenvalue weighted by Gasteiger charge is 2.45. The number of fused-ring (bicyclic) bond motifs is 1. The number of ether oxygens (including phenoxy) is 3. The summed E-state index contributed by atoms with van der Waals surface area (Å²) >= 11 is 5.37. The number of benzene rings is 3. The minimum Gasteiger partial charge on any atom is -0.363 e. The second-order valence-corrected chi connectivity index (χ2v) is 10.4. The molecule has 198 valence electrons. The average molecular weight is 541 g/mol. The molecule has 0 bridgehead atoms. The molecule has 6 rings (SSSR count). The summed E-state index contributed by atoms with van der Waals surface area (Å²) in [6, 6.07) is 27.0. The van der Waals surface area contributed by atoms with Crippen molar-refractivity contribution in [1.29, 1.82) is 0 Å². The molecule has 3 saturated heterocycles. The number of aryl methyl sites for hydroxylation is 1. The molecule has 3 aromatic carbocycles. The van der Waals surface area contributed by atoms with Gasteiger partial charge in [0.15, 0.2) is 11.4 Å². The fourth-order valence-electron chi connectivity index (χ4n) is 5.32. The molecule has 3 heterocycles. The topological polar surface area (TPSA) is 77.1 Å². The van der Waals surface area contributed by atoms with Gasteiger partial charge in [0.2, 0.25) is 0 Å². The van der Waals surface area contributed by atoms with Gasteiger partial charge < -0.3 is 14.2 Å². The highest BCUT2D eigenvalue weighted by Crippen LogP contribution is 2.43. The highest BCUT2D eigenvalue weighted by molar-refractivity contribution is 7.80. The van der Waals surface area contributed by atoms with Gasteiger partial charge in [-0.25, -0.2) is 0 Å². The monoisotopic (exact) mass is 540 g/mol. The first kappa shape index (κ1) is 25.6. The summed E-state index contributed by atoms with van der Waals surface area (Å²) in [5.41, 5.74) is 3.51. The van der Waals surface area contributed by atoms with Gasteiger partial charge in [0, 0.05) is 11.5 Å². The van der Waals surface area contributed by atoms with Crippen LogP contribution in [0.1, 0.15) is 35.5 Å². The third kappa shape index (κ3) is 5.16. The van der Waals surface area contributed by atoms with Gasteiger partial charge in [-0.05, 0) is 49.3 Å². The standard InChI is InChI=1S/C31H28N2O5S/c1-19-12-14-23(15-13-19)33-29(35)24(28(34)32-31(33)39)17-26-27-22(16-25(37-26)20-8-4-2-5-9-20)18-36-30(38-27)21-10-6-3-7-11-21/h2-15,17,22,25-27,30H,16,18H2,1H3,(H,32,34,39)/b24-17-/t22-,25?,26?,27+,30+/m1/s1. The Morgan fingerprint density at radius 2 is 1.56 bits per heavy atom. The molecule has 0 aromatic heterocycles. The molecule has 0 spiro atoms. The molecule has 3 aliphatic rings. The zero-order valence-corrected chi connectivity index (χ0v) is 22.2. The second kappa shape index (κ2) is 10.8. The normalized spacial score (nSPS) is 28.2. The maximum Gasteiger partial charge on any atom is 0.269 e. The minimum absolute atomic E-state index is 0.00167. The van der Waals surface area contributed by atoms with Crippen LogP contribution in [0.2, 0.25) is 0 Å². The number of amides is 2. The van der Waals surface area contributed by atoms with Crippen LogP contribution in [-0.2, 0) is 23.8 Å². The molecule has 0 aliphatic carbocycles. The number of hydrogen-bond acceptors (Lipinski definition) is 6. The number of hydrogen-bond donors (Lipinski definition) is 1. The summed E-state index contributed by atoms with van der Waals surface area (Å²) < 4.78 is 19.2. The van der Waals surface area contributed by atoms with Gasteiger partial charge in [-0.3, -0.25) is 19.8 Å². The van der Waals surface area contributed by atoms with Gasteiger partial charge in [0.05, 0.1) is 24.5 Å². The van der Waals surface area contributed by atoms with E-state index < -0.39 is 30.3 Å². The Morgan fingerprint density at radius 1 is 0.897 bits per heavy atom. The molecular formula is C31H28N2O5S. The summed E-state index contributed by atoms with van der Waals surface area (Å²) in [6.07, 6.45) is 0.388. The Hall–Kier alpha value is -3.69. The number of carbonyl (C=O) groups excluding carboxylic acids is 2. The molecule has 39 heavy (non-hydrogen) atoms. The molecular weight excluding hydrogens is 512 g/mol. The first-order chi connectivity index (χ1) is 19.0. The molecule has 0 radical (unpaired) electrons. The van der Waals surface area contributed by atoms with E-state index in [1.54, 1.807) is 18.2 Å². The molecule has 2 unspecified atom stereocenters. The number of nitrogens with zero attached hydrogens (tertiary/aromatic N) is 1. The molecule has 2 amide bonds. The lowest BCUT2D eigenvalue weighted by atomic mass is 9.85.